The van der Waals surface area contributed by atoms with Crippen LogP contribution in [-0.4, -0.2) is 23.0 Å². The van der Waals surface area contributed by atoms with Gasteiger partial charge in [0.1, 0.15) is 11.4 Å². The Balaban J connectivity index is 1.86. The molecule has 3 rings (SSSR count). The van der Waals surface area contributed by atoms with Crippen molar-refractivity contribution < 1.29 is 13.9 Å². The largest absolute Gasteiger partial charge is 0.497 e. The molecule has 0 fully saturated rings. The number of amides is 1. The average Bonchev–Trinajstić information content (AvgIpc) is 2.88. The minimum Gasteiger partial charge on any atom is -0.497 e. The summed E-state index contributed by atoms with van der Waals surface area (Å²) in [6, 6.07) is 9.49. The van der Waals surface area contributed by atoms with Gasteiger partial charge in [-0.3, -0.25) is 10.1 Å². The molecule has 1 N–H and O–H groups in total. The number of anilines is 1. The van der Waals surface area contributed by atoms with Gasteiger partial charge < -0.3 is 4.74 Å². The van der Waals surface area contributed by atoms with E-state index in [0.29, 0.717) is 5.13 Å². The summed E-state index contributed by atoms with van der Waals surface area (Å²) in [5.74, 6) is -0.479. The lowest BCUT2D eigenvalue weighted by atomic mass is 10.3. The van der Waals surface area contributed by atoms with Crippen LogP contribution in [-0.2, 0) is 0 Å². The van der Waals surface area contributed by atoms with Crippen molar-refractivity contribution in [3.63, 3.8) is 0 Å². The standard InChI is InChI=1S/C14H10FN3O2S/c1-20-8-5-6-9-11(7-8)21-14(17-9)18-13(19)10-3-2-4-12(15)16-10/h2-7H,1H3,(H,17,18,19)/i15+0. The van der Waals surface area contributed by atoms with Gasteiger partial charge in [0.15, 0.2) is 5.13 Å². The lowest BCUT2D eigenvalue weighted by molar-refractivity contribution is 0.102. The molecule has 0 bridgehead atoms. The summed E-state index contributed by atoms with van der Waals surface area (Å²) < 4.78 is 19.0. The summed E-state index contributed by atoms with van der Waals surface area (Å²) in [6.45, 7) is 0. The van der Waals surface area contributed by atoms with Gasteiger partial charge in [-0.25, -0.2) is 9.97 Å². The second-order valence-electron chi connectivity index (χ2n) is 4.15. The van der Waals surface area contributed by atoms with E-state index >= 15 is 0 Å². The average molecular weight is 303 g/mol. The second-order valence-corrected chi connectivity index (χ2v) is 5.18. The number of hydrogen-bond donors (Lipinski definition) is 1. The molecule has 7 heteroatoms. The van der Waals surface area contributed by atoms with Gasteiger partial charge in [-0.1, -0.05) is 17.4 Å². The fourth-order valence-electron chi connectivity index (χ4n) is 1.78. The topological polar surface area (TPSA) is 64.1 Å². The molecule has 2 heterocycles. The highest BCUT2D eigenvalue weighted by Gasteiger charge is 2.12. The molecule has 0 aliphatic heterocycles. The summed E-state index contributed by atoms with van der Waals surface area (Å²) in [5, 5.41) is 3.04. The predicted octanol–water partition coefficient (Wildman–Crippen LogP) is 3.09. The molecule has 0 saturated heterocycles. The number of aromatic nitrogens is 2. The first kappa shape index (κ1) is 13.4. The van der Waals surface area contributed by atoms with E-state index in [4.69, 9.17) is 4.74 Å². The van der Waals surface area contributed by atoms with Gasteiger partial charge in [0, 0.05) is 0 Å². The van der Waals surface area contributed by atoms with E-state index in [0.717, 1.165) is 16.0 Å². The Morgan fingerprint density at radius 2 is 2.14 bits per heavy atom. The zero-order chi connectivity index (χ0) is 14.8. The van der Waals surface area contributed by atoms with Crippen LogP contribution in [0.3, 0.4) is 0 Å². The van der Waals surface area contributed by atoms with Crippen LogP contribution in [0, 0.1) is 5.95 Å². The maximum absolute atomic E-state index is 13.0. The smallest absolute Gasteiger partial charge is 0.276 e. The molecule has 0 spiro atoms. The van der Waals surface area contributed by atoms with Crippen LogP contribution in [0.15, 0.2) is 36.4 Å². The molecule has 0 radical (unpaired) electrons. The first-order valence-corrected chi connectivity index (χ1v) is 6.86. The Hall–Kier alpha value is -2.54. The highest BCUT2D eigenvalue weighted by molar-refractivity contribution is 7.22. The number of carbonyl (C=O) groups excluding carboxylic acids is 1. The van der Waals surface area contributed by atoms with Crippen LogP contribution < -0.4 is 10.1 Å². The van der Waals surface area contributed by atoms with Crippen molar-refractivity contribution in [2.45, 2.75) is 0 Å². The van der Waals surface area contributed by atoms with Gasteiger partial charge in [0.25, 0.3) is 5.91 Å². The van der Waals surface area contributed by atoms with E-state index in [9.17, 15) is 9.18 Å². The number of carbonyl (C=O) groups is 1. The van der Waals surface area contributed by atoms with E-state index in [2.05, 4.69) is 15.3 Å². The maximum atomic E-state index is 13.0. The first-order chi connectivity index (χ1) is 10.2. The number of fused-ring (bicyclic) bond motifs is 1. The Labute approximate surface area is 123 Å². The third-order valence-electron chi connectivity index (χ3n) is 2.76. The molecule has 0 saturated carbocycles. The Kier molecular flexibility index (Phi) is 3.49. The van der Waals surface area contributed by atoms with Crippen LogP contribution in [0.1, 0.15) is 10.5 Å². The van der Waals surface area contributed by atoms with E-state index in [1.165, 1.54) is 29.5 Å². The molecule has 0 unspecified atom stereocenters. The van der Waals surface area contributed by atoms with Gasteiger partial charge in [0.2, 0.25) is 5.95 Å². The van der Waals surface area contributed by atoms with Crippen molar-refractivity contribution in [1.29, 1.82) is 0 Å². The highest BCUT2D eigenvalue weighted by atomic mass is 32.1. The maximum Gasteiger partial charge on any atom is 0.276 e. The van der Waals surface area contributed by atoms with Crippen LogP contribution in [0.25, 0.3) is 10.2 Å². The summed E-state index contributed by atoms with van der Waals surface area (Å²) in [6.07, 6.45) is 0. The molecule has 5 nitrogen and oxygen atoms in total. The number of nitrogens with one attached hydrogen (secondary N) is 1. The van der Waals surface area contributed by atoms with Gasteiger partial charge in [-0.15, -0.1) is 0 Å². The number of hydrogen-bond acceptors (Lipinski definition) is 5. The Morgan fingerprint density at radius 1 is 1.29 bits per heavy atom. The molecule has 106 valence electrons. The molecule has 0 atom stereocenters. The van der Waals surface area contributed by atoms with Crippen LogP contribution in [0.5, 0.6) is 5.75 Å². The van der Waals surface area contributed by atoms with Crippen LogP contribution >= 0.6 is 11.3 Å². The van der Waals surface area contributed by atoms with E-state index in [-0.39, 0.29) is 5.69 Å². The third-order valence-corrected chi connectivity index (χ3v) is 3.70. The van der Waals surface area contributed by atoms with E-state index in [1.807, 2.05) is 6.07 Å². The molecule has 2 aromatic heterocycles. The number of nitrogens with zero attached hydrogens (tertiary/aromatic N) is 2. The number of rotatable bonds is 3. The fourth-order valence-corrected chi connectivity index (χ4v) is 2.67. The van der Waals surface area contributed by atoms with Crippen molar-refractivity contribution in [3.05, 3.63) is 48.0 Å². The fraction of sp³-hybridized carbons (Fsp3) is 0.0714. The van der Waals surface area contributed by atoms with Crippen molar-refractivity contribution in [2.75, 3.05) is 12.4 Å². The quantitative estimate of drug-likeness (QED) is 0.755. The highest BCUT2D eigenvalue weighted by Crippen LogP contribution is 2.29. The number of pyridine rings is 1. The lowest BCUT2D eigenvalue weighted by Gasteiger charge is -2.00. The minimum atomic E-state index is -0.698. The monoisotopic (exact) mass is 303 g/mol. The summed E-state index contributed by atoms with van der Waals surface area (Å²) in [4.78, 5) is 19.8. The number of benzene rings is 1. The third kappa shape index (κ3) is 2.82. The van der Waals surface area contributed by atoms with Crippen molar-refractivity contribution >= 4 is 32.6 Å². The lowest BCUT2D eigenvalue weighted by Crippen LogP contribution is -2.13. The SMILES string of the molecule is COc1ccc2nc(NC(=O)c3cccc([19F])n3)sc2c1. The second kappa shape index (κ2) is 5.45. The minimum absolute atomic E-state index is 0.00633. The first-order valence-electron chi connectivity index (χ1n) is 6.04. The number of halogens is 1. The Morgan fingerprint density at radius 3 is 2.90 bits per heavy atom. The van der Waals surface area contributed by atoms with Crippen molar-refractivity contribution in [1.82, 2.24) is 9.97 Å². The predicted molar refractivity (Wildman–Crippen MR) is 78.3 cm³/mol. The summed E-state index contributed by atoms with van der Waals surface area (Å²) >= 11 is 1.31. The molecular formula is C14H10FN3O2S. The molecule has 3 aromatic rings. The number of ether oxygens (including phenoxy) is 1. The molecule has 0 aliphatic rings. The van der Waals surface area contributed by atoms with Gasteiger partial charge >= 0.3 is 0 Å². The van der Waals surface area contributed by atoms with E-state index in [1.54, 1.807) is 19.2 Å². The molecule has 1 amide bonds. The molecule has 1 aromatic carbocycles. The molecule has 0 aliphatic carbocycles. The summed E-state index contributed by atoms with van der Waals surface area (Å²) in [7, 11) is 1.58. The van der Waals surface area contributed by atoms with Crippen LogP contribution in [0.4, 0.5) is 9.52 Å². The summed E-state index contributed by atoms with van der Waals surface area (Å²) in [5.41, 5.74) is 0.759. The zero-order valence-electron chi connectivity index (χ0n) is 11.0. The molecule has 21 heavy (non-hydrogen) atoms. The van der Waals surface area contributed by atoms with Crippen molar-refractivity contribution in [3.8, 4) is 5.75 Å². The Bertz CT molecular complexity index is 819. The van der Waals surface area contributed by atoms with Gasteiger partial charge in [-0.05, 0) is 30.3 Å². The van der Waals surface area contributed by atoms with Gasteiger partial charge in [-0.2, -0.15) is 4.39 Å². The number of thiazole rings is 1. The number of methoxy groups -OCH3 is 1. The van der Waals surface area contributed by atoms with E-state index < -0.39 is 11.9 Å². The zero-order valence-corrected chi connectivity index (χ0v) is 11.8. The van der Waals surface area contributed by atoms with Crippen molar-refractivity contribution in [2.24, 2.45) is 0 Å². The molecular weight excluding hydrogens is 293 g/mol. The van der Waals surface area contributed by atoms with Gasteiger partial charge in [0.05, 0.1) is 17.3 Å². The van der Waals surface area contributed by atoms with Crippen LogP contribution in [0.2, 0.25) is 0 Å². The normalized spacial score (nSPS) is 10.6.